The van der Waals surface area contributed by atoms with Gasteiger partial charge in [-0.25, -0.2) is 0 Å². The average Bonchev–Trinajstić information content (AvgIpc) is 3.06. The molecule has 0 aromatic carbocycles. The van der Waals surface area contributed by atoms with Crippen molar-refractivity contribution in [1.82, 2.24) is 5.32 Å². The van der Waals surface area contributed by atoms with Gasteiger partial charge in [0.2, 0.25) is 0 Å². The maximum absolute atomic E-state index is 11.7. The molecule has 2 heterocycles. The van der Waals surface area contributed by atoms with Crippen LogP contribution in [-0.4, -0.2) is 5.91 Å². The summed E-state index contributed by atoms with van der Waals surface area (Å²) >= 11 is 0. The Labute approximate surface area is 103 Å². The van der Waals surface area contributed by atoms with E-state index in [9.17, 15) is 4.79 Å². The van der Waals surface area contributed by atoms with Gasteiger partial charge in [0, 0.05) is 6.08 Å². The van der Waals surface area contributed by atoms with Crippen molar-refractivity contribution in [2.45, 2.75) is 6.54 Å². The minimum atomic E-state index is -0.467. The molecule has 0 aliphatic heterocycles. The van der Waals surface area contributed by atoms with Gasteiger partial charge in [0.25, 0.3) is 5.91 Å². The minimum absolute atomic E-state index is 0.0171. The molecule has 1 N–H and O–H groups in total. The van der Waals surface area contributed by atoms with Crippen molar-refractivity contribution in [1.29, 1.82) is 5.26 Å². The molecule has 0 saturated carbocycles. The quantitative estimate of drug-likeness (QED) is 0.657. The third-order valence-electron chi connectivity index (χ3n) is 2.20. The van der Waals surface area contributed by atoms with Crippen LogP contribution < -0.4 is 5.32 Å². The van der Waals surface area contributed by atoms with E-state index >= 15 is 0 Å². The van der Waals surface area contributed by atoms with Gasteiger partial charge in [0.15, 0.2) is 0 Å². The summed E-state index contributed by atoms with van der Waals surface area (Å²) in [5.74, 6) is 0.614. The van der Waals surface area contributed by atoms with Gasteiger partial charge >= 0.3 is 0 Å². The molecule has 2 rings (SSSR count). The Bertz CT molecular complexity index is 574. The number of nitrogens with zero attached hydrogens (tertiary/aromatic N) is 1. The standard InChI is InChI=1S/C13H10N2O3/c14-8-10(7-11-3-1-5-17-11)13(16)15-9-12-4-2-6-18-12/h1-7H,9H2,(H,15,16)/b10-7-. The number of carbonyl (C=O) groups excluding carboxylic acids is 1. The van der Waals surface area contributed by atoms with Gasteiger partial charge in [-0.05, 0) is 24.3 Å². The molecule has 2 aromatic heterocycles. The summed E-state index contributed by atoms with van der Waals surface area (Å²) in [7, 11) is 0. The number of hydrogen-bond donors (Lipinski definition) is 1. The zero-order valence-corrected chi connectivity index (χ0v) is 9.42. The number of rotatable bonds is 4. The molecule has 5 nitrogen and oxygen atoms in total. The van der Waals surface area contributed by atoms with Crippen molar-refractivity contribution < 1.29 is 13.6 Å². The van der Waals surface area contributed by atoms with Gasteiger partial charge in [-0.2, -0.15) is 5.26 Å². The summed E-state index contributed by atoms with van der Waals surface area (Å²) in [6.45, 7) is 0.239. The zero-order chi connectivity index (χ0) is 12.8. The van der Waals surface area contributed by atoms with Gasteiger partial charge < -0.3 is 14.2 Å². The van der Waals surface area contributed by atoms with E-state index in [1.807, 2.05) is 6.07 Å². The predicted octanol–water partition coefficient (Wildman–Crippen LogP) is 2.10. The van der Waals surface area contributed by atoms with Crippen LogP contribution in [0.4, 0.5) is 0 Å². The molecule has 0 radical (unpaired) electrons. The van der Waals surface area contributed by atoms with Crippen LogP contribution in [0, 0.1) is 11.3 Å². The van der Waals surface area contributed by atoms with Crippen molar-refractivity contribution in [3.05, 3.63) is 53.9 Å². The van der Waals surface area contributed by atoms with Crippen molar-refractivity contribution in [3.63, 3.8) is 0 Å². The number of nitrogens with one attached hydrogen (secondary N) is 1. The van der Waals surface area contributed by atoms with Crippen LogP contribution in [0.5, 0.6) is 0 Å². The second-order valence-electron chi connectivity index (χ2n) is 3.45. The van der Waals surface area contributed by atoms with Crippen molar-refractivity contribution >= 4 is 12.0 Å². The lowest BCUT2D eigenvalue weighted by atomic mass is 10.2. The molecular formula is C13H10N2O3. The Morgan fingerprint density at radius 2 is 2.11 bits per heavy atom. The molecular weight excluding hydrogens is 232 g/mol. The van der Waals surface area contributed by atoms with Gasteiger partial charge in [-0.1, -0.05) is 0 Å². The van der Waals surface area contributed by atoms with E-state index in [0.29, 0.717) is 11.5 Å². The molecule has 2 aromatic rings. The normalized spacial score (nSPS) is 10.9. The lowest BCUT2D eigenvalue weighted by Crippen LogP contribution is -2.23. The van der Waals surface area contributed by atoms with Gasteiger partial charge in [0.05, 0.1) is 19.1 Å². The fraction of sp³-hybridized carbons (Fsp3) is 0.0769. The van der Waals surface area contributed by atoms with Gasteiger partial charge in [-0.3, -0.25) is 4.79 Å². The van der Waals surface area contributed by atoms with E-state index in [4.69, 9.17) is 14.1 Å². The highest BCUT2D eigenvalue weighted by atomic mass is 16.3. The fourth-order valence-electron chi connectivity index (χ4n) is 1.34. The van der Waals surface area contributed by atoms with E-state index in [1.54, 1.807) is 24.3 Å². The highest BCUT2D eigenvalue weighted by molar-refractivity contribution is 6.01. The van der Waals surface area contributed by atoms with Crippen LogP contribution >= 0.6 is 0 Å². The molecule has 0 atom stereocenters. The summed E-state index contributed by atoms with van der Waals surface area (Å²) in [5.41, 5.74) is -0.0171. The van der Waals surface area contributed by atoms with Crippen LogP contribution in [0.25, 0.3) is 6.08 Å². The van der Waals surface area contributed by atoms with E-state index in [2.05, 4.69) is 5.32 Å². The first-order valence-corrected chi connectivity index (χ1v) is 5.25. The van der Waals surface area contributed by atoms with E-state index in [-0.39, 0.29) is 12.1 Å². The number of carbonyl (C=O) groups is 1. The molecule has 1 amide bonds. The number of nitriles is 1. The lowest BCUT2D eigenvalue weighted by molar-refractivity contribution is -0.117. The second kappa shape index (κ2) is 5.55. The smallest absolute Gasteiger partial charge is 0.262 e. The molecule has 0 spiro atoms. The fourth-order valence-corrected chi connectivity index (χ4v) is 1.34. The second-order valence-corrected chi connectivity index (χ2v) is 3.45. The summed E-state index contributed by atoms with van der Waals surface area (Å²) in [6, 6.07) is 8.64. The first kappa shape index (κ1) is 11.7. The predicted molar refractivity (Wildman–Crippen MR) is 62.9 cm³/mol. The summed E-state index contributed by atoms with van der Waals surface area (Å²) < 4.78 is 10.1. The Balaban J connectivity index is 2.00. The zero-order valence-electron chi connectivity index (χ0n) is 9.42. The molecule has 0 saturated heterocycles. The molecule has 0 unspecified atom stereocenters. The van der Waals surface area contributed by atoms with Crippen LogP contribution in [0.1, 0.15) is 11.5 Å². The van der Waals surface area contributed by atoms with Crippen LogP contribution in [0.3, 0.4) is 0 Å². The third-order valence-corrected chi connectivity index (χ3v) is 2.20. The highest BCUT2D eigenvalue weighted by Crippen LogP contribution is 2.07. The van der Waals surface area contributed by atoms with Crippen LogP contribution in [-0.2, 0) is 11.3 Å². The van der Waals surface area contributed by atoms with Crippen molar-refractivity contribution in [2.75, 3.05) is 0 Å². The Morgan fingerprint density at radius 3 is 2.72 bits per heavy atom. The van der Waals surface area contributed by atoms with Gasteiger partial charge in [-0.15, -0.1) is 0 Å². The molecule has 0 aliphatic carbocycles. The summed E-state index contributed by atoms with van der Waals surface area (Å²) in [4.78, 5) is 11.7. The SMILES string of the molecule is N#C/C(=C/c1ccco1)C(=O)NCc1ccco1. The number of hydrogen-bond acceptors (Lipinski definition) is 4. The molecule has 0 aliphatic rings. The van der Waals surface area contributed by atoms with E-state index in [0.717, 1.165) is 0 Å². The minimum Gasteiger partial charge on any atom is -0.467 e. The highest BCUT2D eigenvalue weighted by Gasteiger charge is 2.09. The summed E-state index contributed by atoms with van der Waals surface area (Å²) in [6.07, 6.45) is 4.38. The number of furan rings is 2. The Morgan fingerprint density at radius 1 is 1.33 bits per heavy atom. The monoisotopic (exact) mass is 242 g/mol. The maximum atomic E-state index is 11.7. The first-order chi connectivity index (χ1) is 8.79. The topological polar surface area (TPSA) is 79.2 Å². The Hall–Kier alpha value is -2.74. The van der Waals surface area contributed by atoms with Crippen LogP contribution in [0.15, 0.2) is 51.2 Å². The first-order valence-electron chi connectivity index (χ1n) is 5.25. The molecule has 0 fully saturated rings. The molecule has 90 valence electrons. The van der Waals surface area contributed by atoms with Crippen molar-refractivity contribution in [2.24, 2.45) is 0 Å². The molecule has 18 heavy (non-hydrogen) atoms. The van der Waals surface area contributed by atoms with Gasteiger partial charge in [0.1, 0.15) is 23.2 Å². The number of amides is 1. The third kappa shape index (κ3) is 2.89. The summed E-state index contributed by atoms with van der Waals surface area (Å²) in [5, 5.41) is 11.5. The maximum Gasteiger partial charge on any atom is 0.262 e. The van der Waals surface area contributed by atoms with E-state index < -0.39 is 5.91 Å². The molecule has 5 heteroatoms. The van der Waals surface area contributed by atoms with E-state index in [1.165, 1.54) is 18.6 Å². The average molecular weight is 242 g/mol. The van der Waals surface area contributed by atoms with Crippen LogP contribution in [0.2, 0.25) is 0 Å². The Kier molecular flexibility index (Phi) is 3.62. The largest absolute Gasteiger partial charge is 0.467 e. The molecule has 0 bridgehead atoms. The van der Waals surface area contributed by atoms with Crippen molar-refractivity contribution in [3.8, 4) is 6.07 Å². The lowest BCUT2D eigenvalue weighted by Gasteiger charge is -2.00.